The molecule has 0 radical (unpaired) electrons. The number of rotatable bonds is 4. The molecular weight excluding hydrogens is 297 g/mol. The number of benzene rings is 1. The van der Waals surface area contributed by atoms with E-state index in [4.69, 9.17) is 4.74 Å². The molecule has 1 unspecified atom stereocenters. The topological polar surface area (TPSA) is 50.4 Å². The predicted molar refractivity (Wildman–Crippen MR) is 75.5 cm³/mol. The van der Waals surface area contributed by atoms with Gasteiger partial charge in [-0.2, -0.15) is 13.2 Å². The van der Waals surface area contributed by atoms with E-state index >= 15 is 0 Å². The van der Waals surface area contributed by atoms with Crippen LogP contribution in [0.2, 0.25) is 0 Å². The highest BCUT2D eigenvalue weighted by atomic mass is 19.4. The third-order valence-electron chi connectivity index (χ3n) is 3.70. The summed E-state index contributed by atoms with van der Waals surface area (Å²) in [5.74, 6) is -0.125. The zero-order chi connectivity index (χ0) is 16.2. The molecule has 0 spiro atoms. The van der Waals surface area contributed by atoms with Gasteiger partial charge in [-0.3, -0.25) is 4.79 Å². The monoisotopic (exact) mass is 316 g/mol. The minimum atomic E-state index is -4.49. The van der Waals surface area contributed by atoms with Crippen LogP contribution in [0.1, 0.15) is 30.4 Å². The number of ether oxygens (including phenoxy) is 1. The van der Waals surface area contributed by atoms with E-state index < -0.39 is 11.7 Å². The number of methoxy groups -OCH3 is 1. The van der Waals surface area contributed by atoms with E-state index in [0.717, 1.165) is 25.5 Å². The molecule has 2 N–H and O–H groups in total. The fourth-order valence-corrected chi connectivity index (χ4v) is 2.48. The molecule has 122 valence electrons. The second kappa shape index (κ2) is 7.00. The summed E-state index contributed by atoms with van der Waals surface area (Å²) < 4.78 is 44.0. The minimum Gasteiger partial charge on any atom is -0.497 e. The Bertz CT molecular complexity index is 526. The Morgan fingerprint density at radius 1 is 1.41 bits per heavy atom. The van der Waals surface area contributed by atoms with Crippen LogP contribution >= 0.6 is 0 Å². The molecule has 0 saturated carbocycles. The SMILES string of the molecule is COc1ccc(CNC(=O)C2CCCCN2)c(C(F)(F)F)c1. The Balaban J connectivity index is 2.07. The fraction of sp³-hybridized carbons (Fsp3) is 0.533. The molecule has 1 aliphatic rings. The van der Waals surface area contributed by atoms with Crippen LogP contribution in [0.5, 0.6) is 5.75 Å². The molecule has 0 bridgehead atoms. The molecule has 2 rings (SSSR count). The highest BCUT2D eigenvalue weighted by molar-refractivity contribution is 5.81. The van der Waals surface area contributed by atoms with Crippen molar-refractivity contribution in [3.63, 3.8) is 0 Å². The van der Waals surface area contributed by atoms with E-state index in [-0.39, 0.29) is 29.8 Å². The van der Waals surface area contributed by atoms with Crippen LogP contribution in [-0.2, 0) is 17.5 Å². The van der Waals surface area contributed by atoms with Crippen molar-refractivity contribution >= 4 is 5.91 Å². The first-order chi connectivity index (χ1) is 10.4. The number of carbonyl (C=O) groups excluding carboxylic acids is 1. The van der Waals surface area contributed by atoms with Gasteiger partial charge >= 0.3 is 6.18 Å². The molecule has 0 aromatic heterocycles. The average molecular weight is 316 g/mol. The summed E-state index contributed by atoms with van der Waals surface area (Å²) in [6.45, 7) is 0.601. The summed E-state index contributed by atoms with van der Waals surface area (Å²) in [5, 5.41) is 5.64. The first kappa shape index (κ1) is 16.6. The van der Waals surface area contributed by atoms with Crippen LogP contribution < -0.4 is 15.4 Å². The third-order valence-corrected chi connectivity index (χ3v) is 3.70. The zero-order valence-electron chi connectivity index (χ0n) is 12.3. The number of carbonyl (C=O) groups is 1. The van der Waals surface area contributed by atoms with Crippen LogP contribution in [0.3, 0.4) is 0 Å². The van der Waals surface area contributed by atoms with Gasteiger partial charge in [-0.05, 0) is 37.1 Å². The highest BCUT2D eigenvalue weighted by Gasteiger charge is 2.34. The number of hydrogen-bond donors (Lipinski definition) is 2. The molecule has 1 fully saturated rings. The van der Waals surface area contributed by atoms with Crippen molar-refractivity contribution in [3.8, 4) is 5.75 Å². The molecule has 1 aliphatic heterocycles. The molecule has 1 atom stereocenters. The third kappa shape index (κ3) is 4.13. The molecule has 1 heterocycles. The van der Waals surface area contributed by atoms with Crippen molar-refractivity contribution in [3.05, 3.63) is 29.3 Å². The second-order valence-electron chi connectivity index (χ2n) is 5.24. The van der Waals surface area contributed by atoms with Gasteiger partial charge in [0, 0.05) is 6.54 Å². The maximum Gasteiger partial charge on any atom is 0.416 e. The van der Waals surface area contributed by atoms with Gasteiger partial charge in [0.05, 0.1) is 18.7 Å². The number of piperidine rings is 1. The van der Waals surface area contributed by atoms with Gasteiger partial charge < -0.3 is 15.4 Å². The molecule has 4 nitrogen and oxygen atoms in total. The van der Waals surface area contributed by atoms with Crippen LogP contribution in [0, 0.1) is 0 Å². The summed E-state index contributed by atoms with van der Waals surface area (Å²) in [5.41, 5.74) is -0.763. The number of alkyl halides is 3. The van der Waals surface area contributed by atoms with Gasteiger partial charge in [0.25, 0.3) is 0 Å². The van der Waals surface area contributed by atoms with E-state index in [1.165, 1.54) is 19.2 Å². The Kier molecular flexibility index (Phi) is 5.28. The smallest absolute Gasteiger partial charge is 0.416 e. The number of halogens is 3. The summed E-state index contributed by atoms with van der Waals surface area (Å²) in [6.07, 6.45) is -1.82. The normalized spacial score (nSPS) is 18.8. The summed E-state index contributed by atoms with van der Waals surface area (Å²) in [7, 11) is 1.31. The Hall–Kier alpha value is -1.76. The van der Waals surface area contributed by atoms with E-state index in [9.17, 15) is 18.0 Å². The van der Waals surface area contributed by atoms with Gasteiger partial charge in [0.15, 0.2) is 0 Å². The lowest BCUT2D eigenvalue weighted by atomic mass is 10.0. The van der Waals surface area contributed by atoms with Crippen LogP contribution in [0.4, 0.5) is 13.2 Å². The lowest BCUT2D eigenvalue weighted by molar-refractivity contribution is -0.138. The lowest BCUT2D eigenvalue weighted by Gasteiger charge is -2.23. The summed E-state index contributed by atoms with van der Waals surface area (Å²) in [6, 6.07) is 3.41. The number of amides is 1. The van der Waals surface area contributed by atoms with Crippen molar-refractivity contribution in [1.29, 1.82) is 0 Å². The van der Waals surface area contributed by atoms with E-state index in [1.54, 1.807) is 0 Å². The largest absolute Gasteiger partial charge is 0.497 e. The molecule has 1 saturated heterocycles. The maximum atomic E-state index is 13.1. The van der Waals surface area contributed by atoms with Gasteiger partial charge in [-0.1, -0.05) is 12.5 Å². The lowest BCUT2D eigenvalue weighted by Crippen LogP contribution is -2.46. The predicted octanol–water partition coefficient (Wildman–Crippen LogP) is 2.47. The van der Waals surface area contributed by atoms with Gasteiger partial charge in [0.2, 0.25) is 5.91 Å². The van der Waals surface area contributed by atoms with Crippen LogP contribution in [0.15, 0.2) is 18.2 Å². The first-order valence-electron chi connectivity index (χ1n) is 7.17. The van der Waals surface area contributed by atoms with Crippen molar-refractivity contribution in [1.82, 2.24) is 10.6 Å². The highest BCUT2D eigenvalue weighted by Crippen LogP contribution is 2.34. The van der Waals surface area contributed by atoms with Crippen molar-refractivity contribution < 1.29 is 22.7 Å². The molecule has 1 aromatic carbocycles. The van der Waals surface area contributed by atoms with Crippen LogP contribution in [0.25, 0.3) is 0 Å². The quantitative estimate of drug-likeness (QED) is 0.897. The van der Waals surface area contributed by atoms with Gasteiger partial charge in [-0.25, -0.2) is 0 Å². The Morgan fingerprint density at radius 3 is 2.77 bits per heavy atom. The van der Waals surface area contributed by atoms with E-state index in [0.29, 0.717) is 6.42 Å². The Morgan fingerprint density at radius 2 is 2.18 bits per heavy atom. The molecule has 0 aliphatic carbocycles. The molecule has 7 heteroatoms. The number of hydrogen-bond acceptors (Lipinski definition) is 3. The number of nitrogens with one attached hydrogen (secondary N) is 2. The first-order valence-corrected chi connectivity index (χ1v) is 7.17. The van der Waals surface area contributed by atoms with Crippen molar-refractivity contribution in [2.45, 2.75) is 38.0 Å². The van der Waals surface area contributed by atoms with Gasteiger partial charge in [-0.15, -0.1) is 0 Å². The van der Waals surface area contributed by atoms with Crippen LogP contribution in [-0.4, -0.2) is 25.6 Å². The standard InChI is InChI=1S/C15H19F3N2O2/c1-22-11-6-5-10(12(8-11)15(16,17)18)9-20-14(21)13-4-2-3-7-19-13/h5-6,8,13,19H,2-4,7,9H2,1H3,(H,20,21). The van der Waals surface area contributed by atoms with E-state index in [2.05, 4.69) is 10.6 Å². The maximum absolute atomic E-state index is 13.1. The fourth-order valence-electron chi connectivity index (χ4n) is 2.48. The summed E-state index contributed by atoms with van der Waals surface area (Å²) >= 11 is 0. The zero-order valence-corrected chi connectivity index (χ0v) is 12.3. The second-order valence-corrected chi connectivity index (χ2v) is 5.24. The van der Waals surface area contributed by atoms with Gasteiger partial charge in [0.1, 0.15) is 5.75 Å². The molecule has 1 amide bonds. The van der Waals surface area contributed by atoms with E-state index in [1.807, 2.05) is 0 Å². The molecule has 22 heavy (non-hydrogen) atoms. The average Bonchev–Trinajstić information content (AvgIpc) is 2.52. The minimum absolute atomic E-state index is 0.0254. The Labute approximate surface area is 127 Å². The summed E-state index contributed by atoms with van der Waals surface area (Å²) in [4.78, 5) is 12.0. The molecular formula is C15H19F3N2O2. The van der Waals surface area contributed by atoms with Crippen molar-refractivity contribution in [2.75, 3.05) is 13.7 Å². The molecule has 1 aromatic rings. The van der Waals surface area contributed by atoms with Crippen molar-refractivity contribution in [2.24, 2.45) is 0 Å².